The highest BCUT2D eigenvalue weighted by atomic mass is 79.9. The molecule has 0 heterocycles. The number of nitrogens with one attached hydrogen (secondary N) is 1. The van der Waals surface area contributed by atoms with Crippen molar-refractivity contribution in [1.82, 2.24) is 0 Å². The normalized spacial score (nSPS) is 11.6. The molecule has 0 aliphatic heterocycles. The minimum Gasteiger partial charge on any atom is -0.497 e. The molecule has 0 radical (unpaired) electrons. The number of ether oxygens (including phenoxy) is 2. The number of hydrogen-bond donors (Lipinski definition) is 1. The number of halogens is 2. The first-order valence-electron chi connectivity index (χ1n) is 6.56. The van der Waals surface area contributed by atoms with Crippen LogP contribution in [0.4, 0.5) is 10.1 Å². The maximum absolute atomic E-state index is 13.7. The molecule has 22 heavy (non-hydrogen) atoms. The van der Waals surface area contributed by atoms with E-state index in [1.54, 1.807) is 44.4 Å². The van der Waals surface area contributed by atoms with Gasteiger partial charge in [0.05, 0.1) is 12.8 Å². The van der Waals surface area contributed by atoms with Crippen LogP contribution >= 0.6 is 15.9 Å². The molecule has 0 bridgehead atoms. The molecule has 0 saturated carbocycles. The molecule has 0 aromatic heterocycles. The summed E-state index contributed by atoms with van der Waals surface area (Å²) >= 11 is 3.16. The van der Waals surface area contributed by atoms with Crippen LogP contribution in [0.2, 0.25) is 0 Å². The van der Waals surface area contributed by atoms with Crippen LogP contribution in [0.25, 0.3) is 0 Å². The summed E-state index contributed by atoms with van der Waals surface area (Å²) in [6.45, 7) is 1.59. The Kier molecular flexibility index (Phi) is 5.38. The zero-order valence-electron chi connectivity index (χ0n) is 12.1. The van der Waals surface area contributed by atoms with Gasteiger partial charge in [-0.25, -0.2) is 4.39 Å². The molecule has 0 fully saturated rings. The largest absolute Gasteiger partial charge is 0.497 e. The number of carbonyl (C=O) groups is 1. The molecule has 0 spiro atoms. The lowest BCUT2D eigenvalue weighted by molar-refractivity contribution is -0.122. The standard InChI is InChI=1S/C16H15BrFNO3/c1-10(22-13-5-3-4-12(9-13)21-2)16(20)19-15-7-6-11(17)8-14(15)18/h3-10H,1-2H3,(H,19,20). The maximum Gasteiger partial charge on any atom is 0.265 e. The lowest BCUT2D eigenvalue weighted by Crippen LogP contribution is -2.30. The molecule has 116 valence electrons. The zero-order valence-corrected chi connectivity index (χ0v) is 13.7. The highest BCUT2D eigenvalue weighted by Crippen LogP contribution is 2.22. The molecule has 1 atom stereocenters. The van der Waals surface area contributed by atoms with Gasteiger partial charge in [0.1, 0.15) is 17.3 Å². The summed E-state index contributed by atoms with van der Waals surface area (Å²) in [6, 6.07) is 11.3. The third kappa shape index (κ3) is 4.21. The Morgan fingerprint density at radius 3 is 2.64 bits per heavy atom. The number of carbonyl (C=O) groups excluding carboxylic acids is 1. The Morgan fingerprint density at radius 2 is 1.95 bits per heavy atom. The number of hydrogen-bond acceptors (Lipinski definition) is 3. The Labute approximate surface area is 136 Å². The Bertz CT molecular complexity index is 678. The van der Waals surface area contributed by atoms with Gasteiger partial charge >= 0.3 is 0 Å². The fourth-order valence-corrected chi connectivity index (χ4v) is 2.09. The van der Waals surface area contributed by atoms with E-state index in [0.717, 1.165) is 0 Å². The Morgan fingerprint density at radius 1 is 1.23 bits per heavy atom. The van der Waals surface area contributed by atoms with Gasteiger partial charge in [-0.05, 0) is 37.3 Å². The molecule has 6 heteroatoms. The van der Waals surface area contributed by atoms with Crippen LogP contribution in [0.1, 0.15) is 6.92 Å². The quantitative estimate of drug-likeness (QED) is 0.868. The van der Waals surface area contributed by atoms with Gasteiger partial charge in [0, 0.05) is 10.5 Å². The second-order valence-corrected chi connectivity index (χ2v) is 5.47. The number of rotatable bonds is 5. The highest BCUT2D eigenvalue weighted by molar-refractivity contribution is 9.10. The van der Waals surface area contributed by atoms with E-state index >= 15 is 0 Å². The van der Waals surface area contributed by atoms with Gasteiger partial charge in [-0.3, -0.25) is 4.79 Å². The molecular formula is C16H15BrFNO3. The summed E-state index contributed by atoms with van der Waals surface area (Å²) in [4.78, 5) is 12.1. The van der Waals surface area contributed by atoms with Crippen molar-refractivity contribution in [2.45, 2.75) is 13.0 Å². The van der Waals surface area contributed by atoms with Crippen molar-refractivity contribution in [2.24, 2.45) is 0 Å². The van der Waals surface area contributed by atoms with Crippen molar-refractivity contribution in [2.75, 3.05) is 12.4 Å². The molecule has 2 aromatic rings. The molecule has 0 aliphatic carbocycles. The zero-order chi connectivity index (χ0) is 16.1. The summed E-state index contributed by atoms with van der Waals surface area (Å²) in [5, 5.41) is 2.50. The molecule has 4 nitrogen and oxygen atoms in total. The summed E-state index contributed by atoms with van der Waals surface area (Å²) in [7, 11) is 1.55. The number of anilines is 1. The number of benzene rings is 2. The fraction of sp³-hybridized carbons (Fsp3) is 0.188. The first kappa shape index (κ1) is 16.3. The van der Waals surface area contributed by atoms with E-state index < -0.39 is 17.8 Å². The van der Waals surface area contributed by atoms with Crippen molar-refractivity contribution in [3.63, 3.8) is 0 Å². The van der Waals surface area contributed by atoms with Gasteiger partial charge in [-0.1, -0.05) is 22.0 Å². The lowest BCUT2D eigenvalue weighted by atomic mass is 10.2. The molecule has 0 aliphatic rings. The van der Waals surface area contributed by atoms with Crippen LogP contribution in [-0.4, -0.2) is 19.1 Å². The Hall–Kier alpha value is -2.08. The smallest absolute Gasteiger partial charge is 0.265 e. The summed E-state index contributed by atoms with van der Waals surface area (Å²) in [5.41, 5.74) is 0.106. The average molecular weight is 368 g/mol. The van der Waals surface area contributed by atoms with E-state index in [0.29, 0.717) is 16.0 Å². The van der Waals surface area contributed by atoms with Crippen molar-refractivity contribution < 1.29 is 18.7 Å². The summed E-state index contributed by atoms with van der Waals surface area (Å²) < 4.78 is 24.9. The summed E-state index contributed by atoms with van der Waals surface area (Å²) in [5.74, 6) is 0.169. The summed E-state index contributed by atoms with van der Waals surface area (Å²) in [6.07, 6.45) is -0.782. The first-order valence-corrected chi connectivity index (χ1v) is 7.35. The van der Waals surface area contributed by atoms with Gasteiger partial charge in [0.15, 0.2) is 6.10 Å². The van der Waals surface area contributed by atoms with E-state index in [1.165, 1.54) is 12.1 Å². The number of methoxy groups -OCH3 is 1. The van der Waals surface area contributed by atoms with Gasteiger partial charge < -0.3 is 14.8 Å². The van der Waals surface area contributed by atoms with E-state index in [4.69, 9.17) is 9.47 Å². The van der Waals surface area contributed by atoms with Crippen molar-refractivity contribution in [3.05, 3.63) is 52.8 Å². The van der Waals surface area contributed by atoms with Crippen LogP contribution in [0, 0.1) is 5.82 Å². The third-order valence-electron chi connectivity index (χ3n) is 2.91. The topological polar surface area (TPSA) is 47.6 Å². The first-order chi connectivity index (χ1) is 10.5. The van der Waals surface area contributed by atoms with Crippen molar-refractivity contribution in [1.29, 1.82) is 0 Å². The van der Waals surface area contributed by atoms with E-state index in [2.05, 4.69) is 21.2 Å². The lowest BCUT2D eigenvalue weighted by Gasteiger charge is -2.15. The monoisotopic (exact) mass is 367 g/mol. The second kappa shape index (κ2) is 7.26. The molecule has 1 amide bonds. The van der Waals surface area contributed by atoms with E-state index in [1.807, 2.05) is 0 Å². The maximum atomic E-state index is 13.7. The predicted octanol–water partition coefficient (Wildman–Crippen LogP) is 4.00. The van der Waals surface area contributed by atoms with E-state index in [-0.39, 0.29) is 5.69 Å². The molecule has 0 saturated heterocycles. The van der Waals surface area contributed by atoms with E-state index in [9.17, 15) is 9.18 Å². The second-order valence-electron chi connectivity index (χ2n) is 4.55. The van der Waals surface area contributed by atoms with Crippen molar-refractivity contribution >= 4 is 27.5 Å². The van der Waals surface area contributed by atoms with Gasteiger partial charge in [-0.15, -0.1) is 0 Å². The minimum atomic E-state index is -0.782. The van der Waals surface area contributed by atoms with Crippen LogP contribution in [0.15, 0.2) is 46.9 Å². The molecule has 1 N–H and O–H groups in total. The molecule has 1 unspecified atom stereocenters. The van der Waals surface area contributed by atoms with Crippen LogP contribution < -0.4 is 14.8 Å². The fourth-order valence-electron chi connectivity index (χ4n) is 1.76. The molecular weight excluding hydrogens is 353 g/mol. The van der Waals surface area contributed by atoms with Crippen LogP contribution in [0.3, 0.4) is 0 Å². The Balaban J connectivity index is 2.02. The van der Waals surface area contributed by atoms with Gasteiger partial charge in [0.25, 0.3) is 5.91 Å². The van der Waals surface area contributed by atoms with Gasteiger partial charge in [0.2, 0.25) is 0 Å². The third-order valence-corrected chi connectivity index (χ3v) is 3.41. The van der Waals surface area contributed by atoms with Crippen LogP contribution in [-0.2, 0) is 4.79 Å². The minimum absolute atomic E-state index is 0.106. The average Bonchev–Trinajstić information content (AvgIpc) is 2.50. The molecule has 2 rings (SSSR count). The molecule has 2 aromatic carbocycles. The number of amides is 1. The highest BCUT2D eigenvalue weighted by Gasteiger charge is 2.16. The van der Waals surface area contributed by atoms with Gasteiger partial charge in [-0.2, -0.15) is 0 Å². The predicted molar refractivity (Wildman–Crippen MR) is 85.8 cm³/mol. The SMILES string of the molecule is COc1cccc(OC(C)C(=O)Nc2ccc(Br)cc2F)c1. The van der Waals surface area contributed by atoms with Crippen molar-refractivity contribution in [3.8, 4) is 11.5 Å². The van der Waals surface area contributed by atoms with Crippen LogP contribution in [0.5, 0.6) is 11.5 Å².